The van der Waals surface area contributed by atoms with Crippen molar-refractivity contribution >= 4 is 29.4 Å². The van der Waals surface area contributed by atoms with E-state index < -0.39 is 22.7 Å². The Labute approximate surface area is 109 Å². The van der Waals surface area contributed by atoms with E-state index in [1.165, 1.54) is 7.05 Å². The predicted molar refractivity (Wildman–Crippen MR) is 65.0 cm³/mol. The van der Waals surface area contributed by atoms with Crippen LogP contribution in [0.1, 0.15) is 5.56 Å². The lowest BCUT2D eigenvalue weighted by Gasteiger charge is -2.33. The Hall–Kier alpha value is -1.88. The maximum absolute atomic E-state index is 12.0. The fraction of sp³-hybridized carbons (Fsp3) is 0.250. The van der Waals surface area contributed by atoms with Crippen molar-refractivity contribution in [2.45, 2.75) is 11.3 Å². The van der Waals surface area contributed by atoms with E-state index in [-0.39, 0.29) is 6.42 Å². The van der Waals surface area contributed by atoms with Crippen LogP contribution in [0, 0.1) is 0 Å². The Balaban J connectivity index is 2.31. The first-order chi connectivity index (χ1) is 8.45. The maximum atomic E-state index is 12.0. The average Bonchev–Trinajstić information content (AvgIpc) is 2.36. The molecule has 94 valence electrons. The first-order valence-corrected chi connectivity index (χ1v) is 5.69. The first-order valence-electron chi connectivity index (χ1n) is 5.31. The molecule has 0 spiro atoms. The standard InChI is InChI=1S/C12H11ClN2O3/c1-15-10(17)12(13,9(16)14-11(15)18)7-8-5-3-2-4-6-8/h2-6H,7H2,1H3,(H,14,16,18). The largest absolute Gasteiger partial charge is 0.330 e. The minimum Gasteiger partial charge on any atom is -0.276 e. The molecule has 0 aromatic heterocycles. The summed E-state index contributed by atoms with van der Waals surface area (Å²) in [4.78, 5) is 34.1. The van der Waals surface area contributed by atoms with Gasteiger partial charge in [-0.2, -0.15) is 0 Å². The lowest BCUT2D eigenvalue weighted by molar-refractivity contribution is -0.139. The summed E-state index contributed by atoms with van der Waals surface area (Å²) in [7, 11) is 1.28. The van der Waals surface area contributed by atoms with Gasteiger partial charge in [-0.1, -0.05) is 41.9 Å². The van der Waals surface area contributed by atoms with Gasteiger partial charge in [-0.25, -0.2) is 4.79 Å². The number of imide groups is 2. The lowest BCUT2D eigenvalue weighted by atomic mass is 9.95. The highest BCUT2D eigenvalue weighted by Crippen LogP contribution is 2.26. The van der Waals surface area contributed by atoms with Gasteiger partial charge in [0.1, 0.15) is 0 Å². The van der Waals surface area contributed by atoms with E-state index in [0.717, 1.165) is 10.5 Å². The minimum absolute atomic E-state index is 0.0394. The number of hydrogen-bond acceptors (Lipinski definition) is 3. The fourth-order valence-electron chi connectivity index (χ4n) is 1.77. The van der Waals surface area contributed by atoms with E-state index in [1.807, 2.05) is 6.07 Å². The molecule has 1 atom stereocenters. The highest BCUT2D eigenvalue weighted by molar-refractivity contribution is 6.49. The topological polar surface area (TPSA) is 66.5 Å². The quantitative estimate of drug-likeness (QED) is 0.639. The van der Waals surface area contributed by atoms with Gasteiger partial charge in [0.05, 0.1) is 0 Å². The van der Waals surface area contributed by atoms with Gasteiger partial charge in [0.25, 0.3) is 11.8 Å². The highest BCUT2D eigenvalue weighted by atomic mass is 35.5. The molecule has 0 bridgehead atoms. The lowest BCUT2D eigenvalue weighted by Crippen LogP contribution is -2.65. The van der Waals surface area contributed by atoms with Crippen LogP contribution in [0.3, 0.4) is 0 Å². The van der Waals surface area contributed by atoms with E-state index in [9.17, 15) is 14.4 Å². The zero-order valence-electron chi connectivity index (χ0n) is 9.64. The molecule has 0 saturated carbocycles. The Bertz CT molecular complexity index is 517. The highest BCUT2D eigenvalue weighted by Gasteiger charge is 2.51. The molecule has 1 aliphatic rings. The first kappa shape index (κ1) is 12.6. The molecule has 0 aliphatic carbocycles. The summed E-state index contributed by atoms with van der Waals surface area (Å²) in [5.74, 6) is -1.48. The Morgan fingerprint density at radius 2 is 1.83 bits per heavy atom. The van der Waals surface area contributed by atoms with Crippen molar-refractivity contribution in [3.05, 3.63) is 35.9 Å². The van der Waals surface area contributed by atoms with E-state index in [4.69, 9.17) is 11.6 Å². The number of carbonyl (C=O) groups is 3. The number of benzene rings is 1. The van der Waals surface area contributed by atoms with Gasteiger partial charge in [-0.05, 0) is 5.56 Å². The SMILES string of the molecule is CN1C(=O)NC(=O)C(Cl)(Cc2ccccc2)C1=O. The third-order valence-electron chi connectivity index (χ3n) is 2.82. The minimum atomic E-state index is -1.76. The summed E-state index contributed by atoms with van der Waals surface area (Å²) in [6.45, 7) is 0. The molecule has 18 heavy (non-hydrogen) atoms. The normalized spacial score (nSPS) is 24.1. The predicted octanol–water partition coefficient (Wildman–Crippen LogP) is 0.915. The molecular formula is C12H11ClN2O3. The van der Waals surface area contributed by atoms with Crippen molar-refractivity contribution in [3.8, 4) is 0 Å². The number of hydrogen-bond donors (Lipinski definition) is 1. The van der Waals surface area contributed by atoms with Crippen molar-refractivity contribution in [3.63, 3.8) is 0 Å². The molecule has 0 radical (unpaired) electrons. The summed E-state index contributed by atoms with van der Waals surface area (Å²) in [6.07, 6.45) is 0.0394. The van der Waals surface area contributed by atoms with Crippen LogP contribution in [0.5, 0.6) is 0 Å². The Kier molecular flexibility index (Phi) is 3.09. The number of halogens is 1. The van der Waals surface area contributed by atoms with Crippen LogP contribution >= 0.6 is 11.6 Å². The van der Waals surface area contributed by atoms with Crippen molar-refractivity contribution in [1.82, 2.24) is 10.2 Å². The van der Waals surface area contributed by atoms with Crippen LogP contribution in [-0.4, -0.2) is 34.7 Å². The zero-order chi connectivity index (χ0) is 13.3. The second-order valence-corrected chi connectivity index (χ2v) is 4.73. The maximum Gasteiger partial charge on any atom is 0.330 e. The van der Waals surface area contributed by atoms with E-state index >= 15 is 0 Å². The van der Waals surface area contributed by atoms with Crippen LogP contribution < -0.4 is 5.32 Å². The van der Waals surface area contributed by atoms with Gasteiger partial charge >= 0.3 is 6.03 Å². The summed E-state index contributed by atoms with van der Waals surface area (Å²) >= 11 is 6.12. The van der Waals surface area contributed by atoms with Crippen LogP contribution in [-0.2, 0) is 16.0 Å². The fourth-order valence-corrected chi connectivity index (χ4v) is 2.10. The monoisotopic (exact) mass is 266 g/mol. The Morgan fingerprint density at radius 3 is 2.44 bits per heavy atom. The van der Waals surface area contributed by atoms with Gasteiger partial charge < -0.3 is 0 Å². The third kappa shape index (κ3) is 1.97. The number of carbonyl (C=O) groups excluding carboxylic acids is 3. The second-order valence-electron chi connectivity index (χ2n) is 4.09. The number of nitrogens with one attached hydrogen (secondary N) is 1. The molecule has 1 saturated heterocycles. The van der Waals surface area contributed by atoms with Crippen molar-refractivity contribution in [2.75, 3.05) is 7.05 Å². The van der Waals surface area contributed by atoms with Crippen molar-refractivity contribution in [1.29, 1.82) is 0 Å². The molecule has 1 unspecified atom stereocenters. The van der Waals surface area contributed by atoms with Crippen LogP contribution in [0.25, 0.3) is 0 Å². The molecule has 1 aliphatic heterocycles. The molecule has 6 heteroatoms. The number of barbiturate groups is 1. The third-order valence-corrected chi connectivity index (χ3v) is 3.29. The van der Waals surface area contributed by atoms with Gasteiger partial charge in [0, 0.05) is 13.5 Å². The van der Waals surface area contributed by atoms with Crippen LogP contribution in [0.2, 0.25) is 0 Å². The number of amides is 4. The Morgan fingerprint density at radius 1 is 1.22 bits per heavy atom. The molecule has 5 nitrogen and oxygen atoms in total. The summed E-state index contributed by atoms with van der Waals surface area (Å²) < 4.78 is 0. The molecule has 2 rings (SSSR count). The summed E-state index contributed by atoms with van der Waals surface area (Å²) in [5.41, 5.74) is 0.749. The van der Waals surface area contributed by atoms with Crippen molar-refractivity contribution < 1.29 is 14.4 Å². The molecule has 1 fully saturated rings. The number of rotatable bonds is 2. The average molecular weight is 267 g/mol. The van der Waals surface area contributed by atoms with Crippen LogP contribution in [0.4, 0.5) is 4.79 Å². The molecule has 1 N–H and O–H groups in total. The molecule has 1 aromatic rings. The zero-order valence-corrected chi connectivity index (χ0v) is 10.4. The van der Waals surface area contributed by atoms with E-state index in [0.29, 0.717) is 0 Å². The molecule has 1 aromatic carbocycles. The number of urea groups is 1. The van der Waals surface area contributed by atoms with E-state index in [2.05, 4.69) is 5.32 Å². The molecular weight excluding hydrogens is 256 g/mol. The smallest absolute Gasteiger partial charge is 0.276 e. The number of nitrogens with zero attached hydrogens (tertiary/aromatic N) is 1. The summed E-state index contributed by atoms with van der Waals surface area (Å²) in [6, 6.07) is 8.17. The van der Waals surface area contributed by atoms with E-state index in [1.54, 1.807) is 24.3 Å². The van der Waals surface area contributed by atoms with Crippen molar-refractivity contribution in [2.24, 2.45) is 0 Å². The molecule has 4 amide bonds. The van der Waals surface area contributed by atoms with Gasteiger partial charge in [0.2, 0.25) is 4.87 Å². The summed E-state index contributed by atoms with van der Waals surface area (Å²) in [5, 5.41) is 2.07. The second kappa shape index (κ2) is 4.42. The van der Waals surface area contributed by atoms with Gasteiger partial charge in [-0.15, -0.1) is 0 Å². The van der Waals surface area contributed by atoms with Gasteiger partial charge in [-0.3, -0.25) is 19.8 Å². The van der Waals surface area contributed by atoms with Gasteiger partial charge in [0.15, 0.2) is 0 Å². The van der Waals surface area contributed by atoms with Crippen LogP contribution in [0.15, 0.2) is 30.3 Å². The number of alkyl halides is 1. The molecule has 1 heterocycles.